The summed E-state index contributed by atoms with van der Waals surface area (Å²) < 4.78 is 28.6. The van der Waals surface area contributed by atoms with E-state index in [1.165, 1.54) is 23.6 Å². The molecule has 1 amide bonds. The van der Waals surface area contributed by atoms with Gasteiger partial charge in [0.25, 0.3) is 0 Å². The molecule has 0 saturated carbocycles. The lowest BCUT2D eigenvalue weighted by atomic mass is 10.3. The van der Waals surface area contributed by atoms with Gasteiger partial charge in [-0.1, -0.05) is 11.3 Å². The second-order valence-corrected chi connectivity index (χ2v) is 6.12. The Bertz CT molecular complexity index is 677. The number of amides is 1. The van der Waals surface area contributed by atoms with Gasteiger partial charge in [-0.3, -0.25) is 15.0 Å². The monoisotopic (exact) mass is 370 g/mol. The molecule has 1 N–H and O–H groups in total. The third-order valence-electron chi connectivity index (χ3n) is 3.62. The molecule has 0 atom stereocenters. The van der Waals surface area contributed by atoms with Crippen molar-refractivity contribution in [1.82, 2.24) is 20.1 Å². The van der Waals surface area contributed by atoms with Crippen molar-refractivity contribution in [2.75, 3.05) is 42.9 Å². The zero-order chi connectivity index (χ0) is 17.6. The normalized spacial score (nSPS) is 15.4. The number of ether oxygens (including phenoxy) is 1. The molecule has 1 aliphatic rings. The summed E-state index contributed by atoms with van der Waals surface area (Å²) in [5.41, 5.74) is 1.55. The third kappa shape index (κ3) is 5.03. The van der Waals surface area contributed by atoms with Gasteiger partial charge in [-0.25, -0.2) is 4.98 Å². The van der Waals surface area contributed by atoms with E-state index >= 15 is 0 Å². The van der Waals surface area contributed by atoms with E-state index in [1.54, 1.807) is 11.6 Å². The minimum atomic E-state index is -2.86. The van der Waals surface area contributed by atoms with Gasteiger partial charge in [-0.05, 0) is 12.1 Å². The van der Waals surface area contributed by atoms with Crippen LogP contribution in [0.4, 0.5) is 19.7 Å². The summed E-state index contributed by atoms with van der Waals surface area (Å²) in [7, 11) is 0. The van der Waals surface area contributed by atoms with Crippen molar-refractivity contribution in [3.05, 3.63) is 23.8 Å². The molecule has 8 nitrogen and oxygen atoms in total. The van der Waals surface area contributed by atoms with Gasteiger partial charge < -0.3 is 9.64 Å². The average Bonchev–Trinajstić information content (AvgIpc) is 3.08. The van der Waals surface area contributed by atoms with E-state index in [4.69, 9.17) is 0 Å². The van der Waals surface area contributed by atoms with Gasteiger partial charge >= 0.3 is 6.61 Å². The van der Waals surface area contributed by atoms with E-state index in [0.717, 1.165) is 0 Å². The SMILES string of the molecule is O=C(CN1CCN(c2ccc(OC(F)F)cn2)CC1)Nc1nncs1. The molecule has 25 heavy (non-hydrogen) atoms. The van der Waals surface area contributed by atoms with Crippen LogP contribution in [0.25, 0.3) is 0 Å². The highest BCUT2D eigenvalue weighted by Gasteiger charge is 2.20. The fourth-order valence-corrected chi connectivity index (χ4v) is 2.92. The summed E-state index contributed by atoms with van der Waals surface area (Å²) in [6, 6.07) is 3.12. The second-order valence-electron chi connectivity index (χ2n) is 5.29. The Kier molecular flexibility index (Phi) is 5.66. The van der Waals surface area contributed by atoms with Crippen LogP contribution in [0.3, 0.4) is 0 Å². The Morgan fingerprint density at radius 2 is 2.12 bits per heavy atom. The molecule has 11 heteroatoms. The quantitative estimate of drug-likeness (QED) is 0.820. The third-order valence-corrected chi connectivity index (χ3v) is 4.22. The van der Waals surface area contributed by atoms with Gasteiger partial charge in [0, 0.05) is 26.2 Å². The lowest BCUT2D eigenvalue weighted by molar-refractivity contribution is -0.117. The molecule has 0 aliphatic carbocycles. The molecule has 1 fully saturated rings. The van der Waals surface area contributed by atoms with Gasteiger partial charge in [-0.15, -0.1) is 10.2 Å². The second kappa shape index (κ2) is 8.12. The van der Waals surface area contributed by atoms with Crippen LogP contribution < -0.4 is 15.0 Å². The van der Waals surface area contributed by atoms with Gasteiger partial charge in [-0.2, -0.15) is 8.78 Å². The molecular weight excluding hydrogens is 354 g/mol. The zero-order valence-corrected chi connectivity index (χ0v) is 14.0. The molecular formula is C14H16F2N6O2S. The van der Waals surface area contributed by atoms with E-state index < -0.39 is 6.61 Å². The molecule has 1 aliphatic heterocycles. The number of nitrogens with zero attached hydrogens (tertiary/aromatic N) is 5. The number of rotatable bonds is 6. The van der Waals surface area contributed by atoms with Gasteiger partial charge in [0.15, 0.2) is 0 Å². The summed E-state index contributed by atoms with van der Waals surface area (Å²) in [6.07, 6.45) is 1.28. The number of anilines is 2. The molecule has 1 saturated heterocycles. The van der Waals surface area contributed by atoms with Crippen molar-refractivity contribution in [3.63, 3.8) is 0 Å². The van der Waals surface area contributed by atoms with Crippen LogP contribution >= 0.6 is 11.3 Å². The van der Waals surface area contributed by atoms with Crippen molar-refractivity contribution in [1.29, 1.82) is 0 Å². The number of nitrogens with one attached hydrogen (secondary N) is 1. The first-order valence-corrected chi connectivity index (χ1v) is 8.42. The van der Waals surface area contributed by atoms with Crippen molar-refractivity contribution in [3.8, 4) is 5.75 Å². The predicted octanol–water partition coefficient (Wildman–Crippen LogP) is 1.30. The first-order valence-electron chi connectivity index (χ1n) is 7.54. The number of carbonyl (C=O) groups is 1. The van der Waals surface area contributed by atoms with E-state index in [9.17, 15) is 13.6 Å². The van der Waals surface area contributed by atoms with Crippen LogP contribution in [0, 0.1) is 0 Å². The maximum absolute atomic E-state index is 12.1. The molecule has 3 rings (SSSR count). The van der Waals surface area contributed by atoms with E-state index in [-0.39, 0.29) is 18.2 Å². The van der Waals surface area contributed by atoms with E-state index in [0.29, 0.717) is 37.1 Å². The van der Waals surface area contributed by atoms with Gasteiger partial charge in [0.1, 0.15) is 17.1 Å². The number of hydrogen-bond donors (Lipinski definition) is 1. The Labute approximate surface area is 146 Å². The summed E-state index contributed by atoms with van der Waals surface area (Å²) in [5.74, 6) is 0.599. The standard InChI is InChI=1S/C14H16F2N6O2S/c15-13(16)24-10-1-2-11(17-7-10)22-5-3-21(4-6-22)8-12(23)19-14-20-18-9-25-14/h1-2,7,9,13H,3-6,8H2,(H,19,20,23). The number of hydrogen-bond acceptors (Lipinski definition) is 8. The lowest BCUT2D eigenvalue weighted by Gasteiger charge is -2.34. The lowest BCUT2D eigenvalue weighted by Crippen LogP contribution is -2.48. The number of pyridine rings is 1. The van der Waals surface area contributed by atoms with E-state index in [1.807, 2.05) is 9.80 Å². The molecule has 0 bridgehead atoms. The highest BCUT2D eigenvalue weighted by Crippen LogP contribution is 2.19. The average molecular weight is 370 g/mol. The summed E-state index contributed by atoms with van der Waals surface area (Å²) in [4.78, 5) is 20.1. The fourth-order valence-electron chi connectivity index (χ4n) is 2.46. The Morgan fingerprint density at radius 3 is 2.72 bits per heavy atom. The topological polar surface area (TPSA) is 83.5 Å². The summed E-state index contributed by atoms with van der Waals surface area (Å²) in [6.45, 7) is 0.188. The van der Waals surface area contributed by atoms with Crippen LogP contribution in [-0.4, -0.2) is 65.3 Å². The minimum Gasteiger partial charge on any atom is -0.433 e. The van der Waals surface area contributed by atoms with Crippen molar-refractivity contribution in [2.45, 2.75) is 6.61 Å². The first kappa shape index (κ1) is 17.4. The number of aromatic nitrogens is 3. The van der Waals surface area contributed by atoms with Crippen molar-refractivity contribution in [2.24, 2.45) is 0 Å². The molecule has 2 aromatic heterocycles. The Balaban J connectivity index is 1.46. The number of carbonyl (C=O) groups excluding carboxylic acids is 1. The molecule has 0 radical (unpaired) electrons. The van der Waals surface area contributed by atoms with Gasteiger partial charge in [0.05, 0.1) is 12.7 Å². The molecule has 0 spiro atoms. The minimum absolute atomic E-state index is 0.0331. The van der Waals surface area contributed by atoms with Crippen LogP contribution in [-0.2, 0) is 4.79 Å². The predicted molar refractivity (Wildman–Crippen MR) is 88.1 cm³/mol. The van der Waals surface area contributed by atoms with Crippen LogP contribution in [0.5, 0.6) is 5.75 Å². The maximum atomic E-state index is 12.1. The Hall–Kier alpha value is -2.40. The molecule has 3 heterocycles. The van der Waals surface area contributed by atoms with Gasteiger partial charge in [0.2, 0.25) is 11.0 Å². The number of halogens is 2. The smallest absolute Gasteiger partial charge is 0.387 e. The number of alkyl halides is 2. The zero-order valence-electron chi connectivity index (χ0n) is 13.1. The largest absolute Gasteiger partial charge is 0.433 e. The maximum Gasteiger partial charge on any atom is 0.387 e. The van der Waals surface area contributed by atoms with Crippen LogP contribution in [0.1, 0.15) is 0 Å². The molecule has 0 aromatic carbocycles. The fraction of sp³-hybridized carbons (Fsp3) is 0.429. The van der Waals surface area contributed by atoms with Crippen molar-refractivity contribution < 1.29 is 18.3 Å². The highest BCUT2D eigenvalue weighted by atomic mass is 32.1. The molecule has 2 aromatic rings. The molecule has 134 valence electrons. The van der Waals surface area contributed by atoms with Crippen LogP contribution in [0.2, 0.25) is 0 Å². The summed E-state index contributed by atoms with van der Waals surface area (Å²) in [5, 5.41) is 10.6. The first-order chi connectivity index (χ1) is 12.1. The number of piperazine rings is 1. The molecule has 0 unspecified atom stereocenters. The summed E-state index contributed by atoms with van der Waals surface area (Å²) >= 11 is 1.27. The Morgan fingerprint density at radius 1 is 1.32 bits per heavy atom. The van der Waals surface area contributed by atoms with Crippen molar-refractivity contribution >= 4 is 28.2 Å². The highest BCUT2D eigenvalue weighted by molar-refractivity contribution is 7.13. The van der Waals surface area contributed by atoms with E-state index in [2.05, 4.69) is 25.2 Å². The van der Waals surface area contributed by atoms with Crippen LogP contribution in [0.15, 0.2) is 23.8 Å².